The lowest BCUT2D eigenvalue weighted by Gasteiger charge is -2.31. The van der Waals surface area contributed by atoms with Gasteiger partial charge in [0.25, 0.3) is 5.92 Å². The molecule has 0 amide bonds. The molecule has 1 saturated heterocycles. The van der Waals surface area contributed by atoms with Gasteiger partial charge in [-0.25, -0.2) is 17.2 Å². The normalized spacial score (nSPS) is 24.5. The Balaban J connectivity index is 2.73. The Morgan fingerprint density at radius 3 is 2.54 bits per heavy atom. The van der Waals surface area contributed by atoms with Gasteiger partial charge in [0.1, 0.15) is 0 Å². The van der Waals surface area contributed by atoms with Gasteiger partial charge in [-0.05, 0) is 13.3 Å². The van der Waals surface area contributed by atoms with Gasteiger partial charge in [-0.3, -0.25) is 0 Å². The molecule has 0 spiro atoms. The molecule has 0 unspecified atom stereocenters. The molecule has 1 heterocycles. The van der Waals surface area contributed by atoms with Gasteiger partial charge in [0, 0.05) is 13.0 Å². The van der Waals surface area contributed by atoms with E-state index in [1.165, 1.54) is 6.92 Å². The second kappa shape index (κ2) is 3.49. The Morgan fingerprint density at radius 2 is 2.08 bits per heavy atom. The first kappa shape index (κ1) is 10.8. The molecule has 0 aliphatic carbocycles. The van der Waals surface area contributed by atoms with Gasteiger partial charge in [0.15, 0.2) is 0 Å². The number of nitrogens with zero attached hydrogens (tertiary/aromatic N) is 1. The molecule has 1 rings (SSSR count). The zero-order valence-electron chi connectivity index (χ0n) is 7.46. The van der Waals surface area contributed by atoms with Gasteiger partial charge in [-0.1, -0.05) is 0 Å². The van der Waals surface area contributed by atoms with E-state index < -0.39 is 22.5 Å². The van der Waals surface area contributed by atoms with Gasteiger partial charge in [0.2, 0.25) is 10.0 Å². The number of sulfonamides is 1. The predicted molar refractivity (Wildman–Crippen MR) is 45.2 cm³/mol. The van der Waals surface area contributed by atoms with Crippen LogP contribution in [0.15, 0.2) is 0 Å². The van der Waals surface area contributed by atoms with Crippen LogP contribution in [0.25, 0.3) is 0 Å². The zero-order valence-corrected chi connectivity index (χ0v) is 8.28. The van der Waals surface area contributed by atoms with Crippen LogP contribution in [0.3, 0.4) is 0 Å². The first-order chi connectivity index (χ1) is 5.87. The van der Waals surface area contributed by atoms with E-state index in [-0.39, 0.29) is 25.1 Å². The van der Waals surface area contributed by atoms with Crippen molar-refractivity contribution in [3.8, 4) is 0 Å². The Kier molecular flexibility index (Phi) is 2.91. The van der Waals surface area contributed by atoms with Crippen molar-refractivity contribution in [1.82, 2.24) is 4.31 Å². The lowest BCUT2D eigenvalue weighted by molar-refractivity contribution is -0.0433. The Labute approximate surface area is 76.8 Å². The maximum atomic E-state index is 12.8. The van der Waals surface area contributed by atoms with Crippen molar-refractivity contribution in [2.45, 2.75) is 25.7 Å². The summed E-state index contributed by atoms with van der Waals surface area (Å²) in [6.07, 6.45) is 0.0367. The molecule has 0 atom stereocenters. The predicted octanol–water partition coefficient (Wildman–Crippen LogP) is 1.07. The molecular weight excluding hydrogens is 200 g/mol. The molecule has 0 aromatic carbocycles. The van der Waals surface area contributed by atoms with Crippen molar-refractivity contribution in [2.75, 3.05) is 18.8 Å². The lowest BCUT2D eigenvalue weighted by atomic mass is 10.1. The van der Waals surface area contributed by atoms with Crippen LogP contribution in [-0.4, -0.2) is 37.5 Å². The Bertz CT molecular complexity index is 276. The standard InChI is InChI=1S/C7H13F2NO2S/c1-2-13(11,12)10-5-3-4-7(8,9)6-10/h2-6H2,1H3. The highest BCUT2D eigenvalue weighted by Gasteiger charge is 2.39. The second-order valence-electron chi connectivity index (χ2n) is 3.19. The first-order valence-electron chi connectivity index (χ1n) is 4.23. The van der Waals surface area contributed by atoms with Crippen LogP contribution in [0.1, 0.15) is 19.8 Å². The van der Waals surface area contributed by atoms with Crippen molar-refractivity contribution in [3.05, 3.63) is 0 Å². The molecule has 0 N–H and O–H groups in total. The van der Waals surface area contributed by atoms with E-state index in [1.807, 2.05) is 0 Å². The van der Waals surface area contributed by atoms with Gasteiger partial charge in [-0.15, -0.1) is 0 Å². The summed E-state index contributed by atoms with van der Waals surface area (Å²) in [7, 11) is -3.44. The Morgan fingerprint density at radius 1 is 1.46 bits per heavy atom. The quantitative estimate of drug-likeness (QED) is 0.688. The lowest BCUT2D eigenvalue weighted by Crippen LogP contribution is -2.46. The van der Waals surface area contributed by atoms with Crippen molar-refractivity contribution in [1.29, 1.82) is 0 Å². The summed E-state index contributed by atoms with van der Waals surface area (Å²) in [5.41, 5.74) is 0. The van der Waals surface area contributed by atoms with E-state index >= 15 is 0 Å². The third-order valence-corrected chi connectivity index (χ3v) is 3.94. The fourth-order valence-electron chi connectivity index (χ4n) is 1.35. The highest BCUT2D eigenvalue weighted by Crippen LogP contribution is 2.27. The summed E-state index contributed by atoms with van der Waals surface area (Å²) in [5.74, 6) is -2.95. The molecule has 0 radical (unpaired) electrons. The van der Waals surface area contributed by atoms with Crippen molar-refractivity contribution in [3.63, 3.8) is 0 Å². The van der Waals surface area contributed by atoms with Crippen LogP contribution in [0, 0.1) is 0 Å². The van der Waals surface area contributed by atoms with Crippen LogP contribution in [0.5, 0.6) is 0 Å². The third-order valence-electron chi connectivity index (χ3n) is 2.12. The van der Waals surface area contributed by atoms with Gasteiger partial charge < -0.3 is 0 Å². The number of alkyl halides is 2. The molecule has 0 aromatic rings. The van der Waals surface area contributed by atoms with E-state index in [2.05, 4.69) is 0 Å². The minimum Gasteiger partial charge on any atom is -0.212 e. The second-order valence-corrected chi connectivity index (χ2v) is 5.45. The molecule has 1 fully saturated rings. The van der Waals surface area contributed by atoms with E-state index in [1.54, 1.807) is 0 Å². The summed E-state index contributed by atoms with van der Waals surface area (Å²) >= 11 is 0. The van der Waals surface area contributed by atoms with E-state index in [0.29, 0.717) is 0 Å². The van der Waals surface area contributed by atoms with Crippen LogP contribution in [0.4, 0.5) is 8.78 Å². The van der Waals surface area contributed by atoms with Gasteiger partial charge in [0.05, 0.1) is 12.3 Å². The van der Waals surface area contributed by atoms with E-state index in [4.69, 9.17) is 0 Å². The van der Waals surface area contributed by atoms with Crippen LogP contribution < -0.4 is 0 Å². The average Bonchev–Trinajstić information content (AvgIpc) is 2.03. The molecule has 78 valence electrons. The number of hydrogen-bond donors (Lipinski definition) is 0. The van der Waals surface area contributed by atoms with Gasteiger partial charge >= 0.3 is 0 Å². The minimum absolute atomic E-state index is 0.108. The average molecular weight is 213 g/mol. The first-order valence-corrected chi connectivity index (χ1v) is 5.84. The highest BCUT2D eigenvalue weighted by molar-refractivity contribution is 7.89. The maximum Gasteiger partial charge on any atom is 0.261 e. The largest absolute Gasteiger partial charge is 0.261 e. The fraction of sp³-hybridized carbons (Fsp3) is 1.00. The summed E-state index contributed by atoms with van der Waals surface area (Å²) in [6, 6.07) is 0. The molecule has 6 heteroatoms. The summed E-state index contributed by atoms with van der Waals surface area (Å²) < 4.78 is 49.0. The summed E-state index contributed by atoms with van der Waals surface area (Å²) in [6.45, 7) is 1.04. The van der Waals surface area contributed by atoms with Crippen LogP contribution >= 0.6 is 0 Å². The maximum absolute atomic E-state index is 12.8. The number of hydrogen-bond acceptors (Lipinski definition) is 2. The molecule has 0 saturated carbocycles. The summed E-state index contributed by atoms with van der Waals surface area (Å²) in [4.78, 5) is 0. The topological polar surface area (TPSA) is 37.4 Å². The minimum atomic E-state index is -3.44. The molecule has 0 aromatic heterocycles. The fourth-order valence-corrected chi connectivity index (χ4v) is 2.51. The summed E-state index contributed by atoms with van der Waals surface area (Å²) in [5, 5.41) is 0. The monoisotopic (exact) mass is 213 g/mol. The van der Waals surface area contributed by atoms with Gasteiger partial charge in [-0.2, -0.15) is 4.31 Å². The SMILES string of the molecule is CCS(=O)(=O)N1CCCC(F)(F)C1. The number of halogens is 2. The third kappa shape index (κ3) is 2.60. The Hall–Kier alpha value is -0.230. The van der Waals surface area contributed by atoms with Crippen molar-refractivity contribution in [2.24, 2.45) is 0 Å². The number of rotatable bonds is 2. The van der Waals surface area contributed by atoms with Crippen LogP contribution in [-0.2, 0) is 10.0 Å². The molecule has 0 bridgehead atoms. The molecule has 1 aliphatic heterocycles. The zero-order chi connectivity index (χ0) is 10.1. The highest BCUT2D eigenvalue weighted by atomic mass is 32.2. The molecule has 3 nitrogen and oxygen atoms in total. The molecule has 1 aliphatic rings. The molecular formula is C7H13F2NO2S. The van der Waals surface area contributed by atoms with Crippen LogP contribution in [0.2, 0.25) is 0 Å². The van der Waals surface area contributed by atoms with E-state index in [9.17, 15) is 17.2 Å². The van der Waals surface area contributed by atoms with E-state index in [0.717, 1.165) is 4.31 Å². The van der Waals surface area contributed by atoms with Crippen molar-refractivity contribution >= 4 is 10.0 Å². The number of piperidine rings is 1. The van der Waals surface area contributed by atoms with Crippen molar-refractivity contribution < 1.29 is 17.2 Å². The smallest absolute Gasteiger partial charge is 0.212 e. The molecule has 13 heavy (non-hydrogen) atoms.